The molecule has 0 spiro atoms. The Labute approximate surface area is 93.1 Å². The van der Waals surface area contributed by atoms with E-state index in [2.05, 4.69) is 17.6 Å². The first-order valence-electron chi connectivity index (χ1n) is 5.28. The van der Waals surface area contributed by atoms with Crippen molar-refractivity contribution in [1.29, 1.82) is 0 Å². The van der Waals surface area contributed by atoms with Crippen LogP contribution in [-0.4, -0.2) is 5.84 Å². The van der Waals surface area contributed by atoms with Crippen molar-refractivity contribution in [2.24, 2.45) is 16.7 Å². The lowest BCUT2D eigenvalue weighted by molar-refractivity contribution is 0.803. The average Bonchev–Trinajstić information content (AvgIpc) is 2.28. The van der Waals surface area contributed by atoms with Crippen LogP contribution < -0.4 is 17.1 Å². The van der Waals surface area contributed by atoms with Gasteiger partial charge in [-0.15, -0.1) is 5.10 Å². The first-order valence-corrected chi connectivity index (χ1v) is 5.28. The van der Waals surface area contributed by atoms with Crippen LogP contribution in [0.1, 0.15) is 41.0 Å². The van der Waals surface area contributed by atoms with E-state index >= 15 is 0 Å². The summed E-state index contributed by atoms with van der Waals surface area (Å²) in [6, 6.07) is 0. The molecule has 4 nitrogen and oxygen atoms in total. The van der Waals surface area contributed by atoms with Gasteiger partial charge in [-0.3, -0.25) is 0 Å². The van der Waals surface area contributed by atoms with Crippen LogP contribution in [0.15, 0.2) is 28.4 Å². The van der Waals surface area contributed by atoms with Crippen molar-refractivity contribution in [3.8, 4) is 0 Å². The van der Waals surface area contributed by atoms with E-state index in [4.69, 9.17) is 11.6 Å². The maximum absolute atomic E-state index is 5.69. The molecule has 0 aliphatic carbocycles. The van der Waals surface area contributed by atoms with E-state index in [1.807, 2.05) is 39.8 Å². The highest BCUT2D eigenvalue weighted by Crippen LogP contribution is 2.09. The Morgan fingerprint density at radius 2 is 1.93 bits per heavy atom. The summed E-state index contributed by atoms with van der Waals surface area (Å²) >= 11 is 0. The zero-order chi connectivity index (χ0) is 12.3. The Balaban J connectivity index is 0. The highest BCUT2D eigenvalue weighted by Gasteiger charge is 2.01. The molecule has 0 aliphatic rings. The highest BCUT2D eigenvalue weighted by atomic mass is 15.5. The summed E-state index contributed by atoms with van der Waals surface area (Å²) in [4.78, 5) is 0. The van der Waals surface area contributed by atoms with Crippen LogP contribution in [-0.2, 0) is 0 Å². The summed E-state index contributed by atoms with van der Waals surface area (Å²) in [6.45, 7) is 10.0. The van der Waals surface area contributed by atoms with E-state index in [1.165, 1.54) is 5.57 Å². The van der Waals surface area contributed by atoms with Gasteiger partial charge >= 0.3 is 0 Å². The lowest BCUT2D eigenvalue weighted by atomic mass is 10.1. The lowest BCUT2D eigenvalue weighted by Crippen LogP contribution is -2.23. The number of allylic oxidation sites excluding steroid dienone is 2. The number of nitrogens with one attached hydrogen (secondary N) is 1. The van der Waals surface area contributed by atoms with Crippen LogP contribution in [0, 0.1) is 0 Å². The molecule has 0 fully saturated rings. The molecule has 0 atom stereocenters. The van der Waals surface area contributed by atoms with E-state index in [0.717, 1.165) is 12.0 Å². The number of hydrogen-bond acceptors (Lipinski definition) is 3. The van der Waals surface area contributed by atoms with Gasteiger partial charge in [-0.2, -0.15) is 0 Å². The second-order valence-corrected chi connectivity index (χ2v) is 2.67. The number of hydrazone groups is 1. The van der Waals surface area contributed by atoms with Crippen LogP contribution in [0.25, 0.3) is 0 Å². The van der Waals surface area contributed by atoms with Gasteiger partial charge in [0.15, 0.2) is 5.84 Å². The minimum atomic E-state index is 0.417. The molecule has 0 aliphatic heterocycles. The SMILES string of the molecule is CC.C\C=C/C(C(/N)=N/NN)=C(/C)CC. The highest BCUT2D eigenvalue weighted by molar-refractivity contribution is 5.99. The lowest BCUT2D eigenvalue weighted by Gasteiger charge is -2.05. The minimum absolute atomic E-state index is 0.417. The normalized spacial score (nSPS) is 13.1. The summed E-state index contributed by atoms with van der Waals surface area (Å²) in [6.07, 6.45) is 4.79. The van der Waals surface area contributed by atoms with Crippen molar-refractivity contribution < 1.29 is 0 Å². The molecule has 0 aromatic heterocycles. The fourth-order valence-electron chi connectivity index (χ4n) is 0.933. The molecule has 0 bridgehead atoms. The monoisotopic (exact) mass is 212 g/mol. The molecule has 0 heterocycles. The Bertz CT molecular complexity index is 239. The van der Waals surface area contributed by atoms with E-state index < -0.39 is 0 Å². The van der Waals surface area contributed by atoms with Crippen LogP contribution >= 0.6 is 0 Å². The number of hydrazine groups is 1. The van der Waals surface area contributed by atoms with Crippen molar-refractivity contribution in [2.45, 2.75) is 41.0 Å². The fraction of sp³-hybridized carbons (Fsp3) is 0.545. The first-order chi connectivity index (χ1) is 7.17. The molecule has 0 amide bonds. The zero-order valence-electron chi connectivity index (χ0n) is 10.5. The standard InChI is InChI=1S/C9H18N4.C2H6/c1-4-6-8(7(3)5-2)9(10)12-13-11;1-2/h4,6,13H,5,11H2,1-3H3,(H2,10,12);1-2H3/b6-4-,8-7+;. The zero-order valence-corrected chi connectivity index (χ0v) is 10.5. The molecule has 4 heteroatoms. The molecule has 0 saturated carbocycles. The summed E-state index contributed by atoms with van der Waals surface area (Å²) in [5, 5.41) is 3.73. The summed E-state index contributed by atoms with van der Waals surface area (Å²) in [5.41, 5.74) is 9.99. The van der Waals surface area contributed by atoms with Gasteiger partial charge < -0.3 is 5.73 Å². The fourth-order valence-corrected chi connectivity index (χ4v) is 0.933. The van der Waals surface area contributed by atoms with Crippen molar-refractivity contribution in [1.82, 2.24) is 5.53 Å². The van der Waals surface area contributed by atoms with E-state index in [0.29, 0.717) is 5.84 Å². The van der Waals surface area contributed by atoms with Crippen LogP contribution in [0.4, 0.5) is 0 Å². The number of amidine groups is 1. The number of rotatable bonds is 4. The third kappa shape index (κ3) is 6.74. The largest absolute Gasteiger partial charge is 0.382 e. The molecule has 15 heavy (non-hydrogen) atoms. The van der Waals surface area contributed by atoms with Crippen molar-refractivity contribution >= 4 is 5.84 Å². The van der Waals surface area contributed by atoms with Gasteiger partial charge in [0.1, 0.15) is 0 Å². The molecule has 0 rings (SSSR count). The minimum Gasteiger partial charge on any atom is -0.382 e. The second kappa shape index (κ2) is 10.8. The predicted octanol–water partition coefficient (Wildman–Crippen LogP) is 2.05. The van der Waals surface area contributed by atoms with Crippen LogP contribution in [0.3, 0.4) is 0 Å². The van der Waals surface area contributed by atoms with Gasteiger partial charge in [-0.05, 0) is 20.3 Å². The topological polar surface area (TPSA) is 76.4 Å². The third-order valence-electron chi connectivity index (χ3n) is 1.78. The first kappa shape index (κ1) is 16.2. The smallest absolute Gasteiger partial charge is 0.152 e. The third-order valence-corrected chi connectivity index (χ3v) is 1.78. The molecule has 0 aromatic rings. The maximum Gasteiger partial charge on any atom is 0.152 e. The molecule has 88 valence electrons. The molecule has 0 aromatic carbocycles. The van der Waals surface area contributed by atoms with E-state index in [-0.39, 0.29) is 0 Å². The van der Waals surface area contributed by atoms with Crippen molar-refractivity contribution in [3.05, 3.63) is 23.3 Å². The van der Waals surface area contributed by atoms with E-state index in [9.17, 15) is 0 Å². The predicted molar refractivity (Wildman–Crippen MR) is 68.1 cm³/mol. The molecule has 0 saturated heterocycles. The van der Waals surface area contributed by atoms with Gasteiger partial charge in [0.2, 0.25) is 0 Å². The second-order valence-electron chi connectivity index (χ2n) is 2.67. The maximum atomic E-state index is 5.69. The summed E-state index contributed by atoms with van der Waals surface area (Å²) in [7, 11) is 0. The van der Waals surface area contributed by atoms with Gasteiger partial charge in [0.25, 0.3) is 0 Å². The van der Waals surface area contributed by atoms with Crippen molar-refractivity contribution in [2.75, 3.05) is 0 Å². The molecule has 5 N–H and O–H groups in total. The summed E-state index contributed by atoms with van der Waals surface area (Å²) < 4.78 is 0. The Morgan fingerprint density at radius 1 is 1.40 bits per heavy atom. The number of nitrogens with zero attached hydrogens (tertiary/aromatic N) is 1. The van der Waals surface area contributed by atoms with Gasteiger partial charge in [-0.1, -0.05) is 38.5 Å². The van der Waals surface area contributed by atoms with E-state index in [1.54, 1.807) is 0 Å². The Morgan fingerprint density at radius 3 is 2.27 bits per heavy atom. The van der Waals surface area contributed by atoms with Crippen LogP contribution in [0.2, 0.25) is 0 Å². The summed E-state index contributed by atoms with van der Waals surface area (Å²) in [5.74, 6) is 5.46. The molecule has 0 unspecified atom stereocenters. The molecular formula is C11H24N4. The average molecular weight is 212 g/mol. The number of nitrogens with two attached hydrogens (primary N) is 2. The Hall–Kier alpha value is -1.29. The van der Waals surface area contributed by atoms with Gasteiger partial charge in [-0.25, -0.2) is 11.4 Å². The molecular weight excluding hydrogens is 188 g/mol. The van der Waals surface area contributed by atoms with Crippen LogP contribution in [0.5, 0.6) is 0 Å². The quantitative estimate of drug-likeness (QED) is 0.219. The molecule has 0 radical (unpaired) electrons. The van der Waals surface area contributed by atoms with Crippen molar-refractivity contribution in [3.63, 3.8) is 0 Å². The number of hydrogen-bond donors (Lipinski definition) is 3. The van der Waals surface area contributed by atoms with Gasteiger partial charge in [0.05, 0.1) is 0 Å². The Kier molecular flexibility index (Phi) is 11.6. The van der Waals surface area contributed by atoms with Gasteiger partial charge in [0, 0.05) is 5.57 Å².